The van der Waals surface area contributed by atoms with E-state index in [4.69, 9.17) is 0 Å². The first-order valence-corrected chi connectivity index (χ1v) is 12.9. The standard InChI is InChI=1S/C26H52/c1-2-3-4-5-6-7-8-9-10-11-12-13-14-15-16-17-20-23-26-24-21-18-19-22-25-26/h26H,2-25H2,1H3. The second-order valence-electron chi connectivity index (χ2n) is 9.30. The number of hydrogen-bond donors (Lipinski definition) is 0. The van der Waals surface area contributed by atoms with Gasteiger partial charge in [-0.2, -0.15) is 0 Å². The van der Waals surface area contributed by atoms with Crippen molar-refractivity contribution in [3.63, 3.8) is 0 Å². The van der Waals surface area contributed by atoms with Crippen molar-refractivity contribution in [2.45, 2.75) is 161 Å². The van der Waals surface area contributed by atoms with Crippen molar-refractivity contribution in [2.24, 2.45) is 5.92 Å². The van der Waals surface area contributed by atoms with Crippen molar-refractivity contribution >= 4 is 0 Å². The van der Waals surface area contributed by atoms with E-state index in [-0.39, 0.29) is 0 Å². The highest BCUT2D eigenvalue weighted by atomic mass is 14.2. The third-order valence-electron chi connectivity index (χ3n) is 6.69. The SMILES string of the molecule is CCCCCCCCCCCCCCCCCCCC1CCCCCC1. The van der Waals surface area contributed by atoms with Gasteiger partial charge in [0.05, 0.1) is 0 Å². The number of unbranched alkanes of at least 4 members (excludes halogenated alkanes) is 16. The summed E-state index contributed by atoms with van der Waals surface area (Å²) in [5.41, 5.74) is 0. The molecule has 0 saturated heterocycles. The lowest BCUT2D eigenvalue weighted by Gasteiger charge is -2.13. The zero-order chi connectivity index (χ0) is 18.5. The molecule has 0 radical (unpaired) electrons. The Morgan fingerprint density at radius 3 is 1.15 bits per heavy atom. The molecule has 0 spiro atoms. The van der Waals surface area contributed by atoms with Crippen LogP contribution in [0.1, 0.15) is 161 Å². The molecule has 1 saturated carbocycles. The molecule has 1 fully saturated rings. The first kappa shape index (κ1) is 24.0. The van der Waals surface area contributed by atoms with Crippen molar-refractivity contribution in [1.29, 1.82) is 0 Å². The highest BCUT2D eigenvalue weighted by Gasteiger charge is 2.11. The van der Waals surface area contributed by atoms with Gasteiger partial charge in [0.2, 0.25) is 0 Å². The molecule has 0 heteroatoms. The van der Waals surface area contributed by atoms with Gasteiger partial charge in [-0.05, 0) is 5.92 Å². The summed E-state index contributed by atoms with van der Waals surface area (Å²) in [6.07, 6.45) is 35.9. The topological polar surface area (TPSA) is 0 Å². The molecular formula is C26H52. The Labute approximate surface area is 167 Å². The van der Waals surface area contributed by atoms with Crippen LogP contribution in [0.3, 0.4) is 0 Å². The fraction of sp³-hybridized carbons (Fsp3) is 1.00. The molecule has 26 heavy (non-hydrogen) atoms. The van der Waals surface area contributed by atoms with Gasteiger partial charge in [0.25, 0.3) is 0 Å². The van der Waals surface area contributed by atoms with Crippen LogP contribution in [0.2, 0.25) is 0 Å². The Kier molecular flexibility index (Phi) is 18.3. The van der Waals surface area contributed by atoms with Gasteiger partial charge in [-0.15, -0.1) is 0 Å². The van der Waals surface area contributed by atoms with E-state index in [0.29, 0.717) is 0 Å². The van der Waals surface area contributed by atoms with Gasteiger partial charge >= 0.3 is 0 Å². The van der Waals surface area contributed by atoms with Crippen molar-refractivity contribution in [1.82, 2.24) is 0 Å². The van der Waals surface area contributed by atoms with E-state index in [9.17, 15) is 0 Å². The van der Waals surface area contributed by atoms with Crippen LogP contribution in [-0.4, -0.2) is 0 Å². The van der Waals surface area contributed by atoms with Crippen molar-refractivity contribution in [2.75, 3.05) is 0 Å². The zero-order valence-electron chi connectivity index (χ0n) is 18.5. The van der Waals surface area contributed by atoms with Gasteiger partial charge in [-0.25, -0.2) is 0 Å². The predicted octanol–water partition coefficient (Wildman–Crippen LogP) is 10.00. The smallest absolute Gasteiger partial charge is 0.0414 e. The average molecular weight is 365 g/mol. The lowest BCUT2D eigenvalue weighted by atomic mass is 9.93. The second kappa shape index (κ2) is 19.8. The maximum absolute atomic E-state index is 2.30. The molecule has 1 aliphatic rings. The summed E-state index contributed by atoms with van der Waals surface area (Å²) in [6.45, 7) is 2.30. The summed E-state index contributed by atoms with van der Waals surface area (Å²) >= 11 is 0. The summed E-state index contributed by atoms with van der Waals surface area (Å²) in [4.78, 5) is 0. The molecule has 0 atom stereocenters. The van der Waals surface area contributed by atoms with Crippen LogP contribution in [0, 0.1) is 5.92 Å². The largest absolute Gasteiger partial charge is 0.0654 e. The fourth-order valence-corrected chi connectivity index (χ4v) is 4.81. The molecule has 0 aliphatic heterocycles. The Morgan fingerprint density at radius 1 is 0.423 bits per heavy atom. The van der Waals surface area contributed by atoms with Gasteiger partial charge < -0.3 is 0 Å². The first-order chi connectivity index (χ1) is 12.9. The first-order valence-electron chi connectivity index (χ1n) is 12.9. The van der Waals surface area contributed by atoms with Crippen molar-refractivity contribution in [3.05, 3.63) is 0 Å². The Hall–Kier alpha value is 0. The Morgan fingerprint density at radius 2 is 0.769 bits per heavy atom. The summed E-state index contributed by atoms with van der Waals surface area (Å²) in [6, 6.07) is 0. The average Bonchev–Trinajstić information content (AvgIpc) is 2.93. The molecule has 0 unspecified atom stereocenters. The van der Waals surface area contributed by atoms with Gasteiger partial charge in [0.15, 0.2) is 0 Å². The highest BCUT2D eigenvalue weighted by molar-refractivity contribution is 4.64. The van der Waals surface area contributed by atoms with E-state index in [0.717, 1.165) is 5.92 Å². The molecule has 0 aromatic rings. The maximum Gasteiger partial charge on any atom is -0.0414 e. The summed E-state index contributed by atoms with van der Waals surface area (Å²) < 4.78 is 0. The summed E-state index contributed by atoms with van der Waals surface area (Å²) in [5.74, 6) is 1.09. The molecule has 156 valence electrons. The van der Waals surface area contributed by atoms with Crippen LogP contribution in [0.15, 0.2) is 0 Å². The number of rotatable bonds is 18. The van der Waals surface area contributed by atoms with Crippen LogP contribution in [-0.2, 0) is 0 Å². The lowest BCUT2D eigenvalue weighted by Crippen LogP contribution is -1.98. The molecule has 0 aromatic heterocycles. The Bertz CT molecular complexity index is 249. The van der Waals surface area contributed by atoms with Gasteiger partial charge in [0, 0.05) is 0 Å². The number of hydrogen-bond acceptors (Lipinski definition) is 0. The third kappa shape index (κ3) is 16.2. The summed E-state index contributed by atoms with van der Waals surface area (Å²) in [7, 11) is 0. The van der Waals surface area contributed by atoms with Crippen LogP contribution in [0.25, 0.3) is 0 Å². The molecule has 0 amide bonds. The molecule has 0 bridgehead atoms. The highest BCUT2D eigenvalue weighted by Crippen LogP contribution is 2.27. The molecule has 1 rings (SSSR count). The minimum absolute atomic E-state index is 1.09. The van der Waals surface area contributed by atoms with Crippen LogP contribution in [0.5, 0.6) is 0 Å². The molecular weight excluding hydrogens is 312 g/mol. The van der Waals surface area contributed by atoms with E-state index in [2.05, 4.69) is 6.92 Å². The van der Waals surface area contributed by atoms with Crippen LogP contribution < -0.4 is 0 Å². The van der Waals surface area contributed by atoms with Crippen LogP contribution >= 0.6 is 0 Å². The molecule has 1 aliphatic carbocycles. The van der Waals surface area contributed by atoms with Crippen LogP contribution in [0.4, 0.5) is 0 Å². The monoisotopic (exact) mass is 364 g/mol. The Balaban J connectivity index is 1.68. The summed E-state index contributed by atoms with van der Waals surface area (Å²) in [5, 5.41) is 0. The normalized spacial score (nSPS) is 16.0. The fourth-order valence-electron chi connectivity index (χ4n) is 4.81. The molecule has 0 N–H and O–H groups in total. The minimum atomic E-state index is 1.09. The predicted molar refractivity (Wildman–Crippen MR) is 120 cm³/mol. The molecule has 0 nitrogen and oxygen atoms in total. The van der Waals surface area contributed by atoms with Crippen molar-refractivity contribution in [3.8, 4) is 0 Å². The van der Waals surface area contributed by atoms with Crippen molar-refractivity contribution < 1.29 is 0 Å². The quantitative estimate of drug-likeness (QED) is 0.167. The van der Waals surface area contributed by atoms with Gasteiger partial charge in [-0.1, -0.05) is 161 Å². The van der Waals surface area contributed by atoms with E-state index in [1.54, 1.807) is 19.3 Å². The van der Waals surface area contributed by atoms with E-state index in [1.807, 2.05) is 0 Å². The van der Waals surface area contributed by atoms with Gasteiger partial charge in [0.1, 0.15) is 0 Å². The molecule has 0 heterocycles. The lowest BCUT2D eigenvalue weighted by molar-refractivity contribution is 0.404. The maximum atomic E-state index is 2.30. The van der Waals surface area contributed by atoms with Gasteiger partial charge in [-0.3, -0.25) is 0 Å². The second-order valence-corrected chi connectivity index (χ2v) is 9.30. The third-order valence-corrected chi connectivity index (χ3v) is 6.69. The minimum Gasteiger partial charge on any atom is -0.0654 e. The van der Waals surface area contributed by atoms with E-state index in [1.165, 1.54) is 135 Å². The van der Waals surface area contributed by atoms with E-state index < -0.39 is 0 Å². The molecule has 0 aromatic carbocycles. The van der Waals surface area contributed by atoms with E-state index >= 15 is 0 Å². The zero-order valence-corrected chi connectivity index (χ0v) is 18.5.